The highest BCUT2D eigenvalue weighted by molar-refractivity contribution is 7.98. The summed E-state index contributed by atoms with van der Waals surface area (Å²) in [6.07, 6.45) is -1.04. The summed E-state index contributed by atoms with van der Waals surface area (Å²) in [6.45, 7) is 0. The summed E-state index contributed by atoms with van der Waals surface area (Å²) in [5, 5.41) is 2.22. The van der Waals surface area contributed by atoms with Crippen LogP contribution in [0.25, 0.3) is 11.1 Å². The van der Waals surface area contributed by atoms with Crippen molar-refractivity contribution in [2.75, 3.05) is 18.6 Å². The number of hydrogen-bond donors (Lipinski definition) is 2. The van der Waals surface area contributed by atoms with Gasteiger partial charge in [-0.15, -0.1) is 11.8 Å². The Morgan fingerprint density at radius 2 is 1.76 bits per heavy atom. The zero-order chi connectivity index (χ0) is 23.5. The van der Waals surface area contributed by atoms with Gasteiger partial charge in [0.05, 0.1) is 7.11 Å². The van der Waals surface area contributed by atoms with Gasteiger partial charge in [0, 0.05) is 20.2 Å². The highest BCUT2D eigenvalue weighted by Crippen LogP contribution is 2.31. The zero-order valence-electron chi connectivity index (χ0n) is 18.5. The number of nitrogens with one attached hydrogen (secondary N) is 2. The Balaban J connectivity index is 1.86. The van der Waals surface area contributed by atoms with Gasteiger partial charge in [-0.25, -0.2) is 14.3 Å². The van der Waals surface area contributed by atoms with Crippen LogP contribution in [0.2, 0.25) is 0 Å². The van der Waals surface area contributed by atoms with Crippen molar-refractivity contribution in [3.8, 4) is 11.1 Å². The van der Waals surface area contributed by atoms with E-state index in [9.17, 15) is 18.4 Å². The Morgan fingerprint density at radius 1 is 1.07 bits per heavy atom. The molecule has 5 nitrogen and oxygen atoms in total. The van der Waals surface area contributed by atoms with Crippen LogP contribution in [0, 0.1) is 11.6 Å². The van der Waals surface area contributed by atoms with E-state index in [0.29, 0.717) is 41.5 Å². The molecule has 2 amide bonds. The van der Waals surface area contributed by atoms with Crippen LogP contribution in [-0.4, -0.2) is 25.1 Å². The molecule has 0 heterocycles. The number of carbonyl (C=O) groups is 2. The third kappa shape index (κ3) is 4.65. The first-order valence-electron chi connectivity index (χ1n) is 10.2. The summed E-state index contributed by atoms with van der Waals surface area (Å²) < 4.78 is 51.5. The van der Waals surface area contributed by atoms with E-state index in [2.05, 4.69) is 15.6 Å². The molecule has 2 aromatic rings. The fraction of sp³-hybridized carbons (Fsp3) is 0.238. The number of rotatable bonds is 6. The molecule has 0 aliphatic heterocycles. The molecule has 0 fully saturated rings. The van der Waals surface area contributed by atoms with Crippen molar-refractivity contribution in [1.82, 2.24) is 5.48 Å². The van der Waals surface area contributed by atoms with Crippen LogP contribution in [0.5, 0.6) is 0 Å². The molecule has 0 spiro atoms. The lowest BCUT2D eigenvalue weighted by Gasteiger charge is -2.12. The third-order valence-electron chi connectivity index (χ3n) is 4.53. The highest BCUT2D eigenvalue weighted by atomic mass is 32.2. The lowest BCUT2D eigenvalue weighted by Crippen LogP contribution is -2.26. The average molecular weight is 421 g/mol. The number of benzene rings is 2. The molecule has 1 aliphatic carbocycles. The lowest BCUT2D eigenvalue weighted by atomic mass is 10.0. The standard InChI is InChI=1S/C21H20F2N2O3S/c1-28-25-21(27)16-8-4-7-15(16)20(26)24-19-17(22)10-13(11-18(19)23)12-5-3-6-14(9-12)29-2/h3,5-6,9-11H,4,7-8H2,1-2H3,(H,24,26)(H,25,27)/i2D3. The molecule has 0 saturated carbocycles. The number of halogens is 2. The first-order valence-corrected chi connectivity index (χ1v) is 9.56. The Hall–Kier alpha value is -2.71. The largest absolute Gasteiger partial charge is 0.317 e. The Labute approximate surface area is 175 Å². The molecule has 152 valence electrons. The van der Waals surface area contributed by atoms with Gasteiger partial charge in [0.1, 0.15) is 17.3 Å². The van der Waals surface area contributed by atoms with Crippen molar-refractivity contribution in [3.05, 3.63) is 59.2 Å². The molecule has 0 saturated heterocycles. The minimum absolute atomic E-state index is 0.150. The van der Waals surface area contributed by atoms with E-state index in [1.807, 2.05) is 0 Å². The van der Waals surface area contributed by atoms with Crippen LogP contribution in [0.3, 0.4) is 0 Å². The van der Waals surface area contributed by atoms with Crippen molar-refractivity contribution < 1.29 is 27.3 Å². The quantitative estimate of drug-likeness (QED) is 0.534. The van der Waals surface area contributed by atoms with Crippen LogP contribution >= 0.6 is 11.8 Å². The minimum atomic E-state index is -2.25. The van der Waals surface area contributed by atoms with E-state index >= 15 is 0 Å². The summed E-state index contributed by atoms with van der Waals surface area (Å²) in [5.74, 6) is -3.32. The second-order valence-electron chi connectivity index (χ2n) is 6.34. The van der Waals surface area contributed by atoms with Crippen LogP contribution in [0.1, 0.15) is 23.4 Å². The third-order valence-corrected chi connectivity index (χ3v) is 5.02. The first-order chi connectivity index (χ1) is 15.1. The van der Waals surface area contributed by atoms with E-state index < -0.39 is 35.3 Å². The van der Waals surface area contributed by atoms with Crippen molar-refractivity contribution in [2.45, 2.75) is 24.2 Å². The number of thioether (sulfide) groups is 1. The molecule has 0 atom stereocenters. The van der Waals surface area contributed by atoms with Gasteiger partial charge in [0.15, 0.2) is 0 Å². The van der Waals surface area contributed by atoms with Gasteiger partial charge in [-0.3, -0.25) is 14.4 Å². The topological polar surface area (TPSA) is 67.4 Å². The molecule has 0 unspecified atom stereocenters. The second-order valence-corrected chi connectivity index (χ2v) is 7.02. The van der Waals surface area contributed by atoms with E-state index in [0.717, 1.165) is 12.1 Å². The maximum absolute atomic E-state index is 14.7. The van der Waals surface area contributed by atoms with E-state index in [1.165, 1.54) is 13.2 Å². The van der Waals surface area contributed by atoms with Crippen molar-refractivity contribution in [3.63, 3.8) is 0 Å². The SMILES string of the molecule is [2H]C([2H])([2H])Sc1cccc(-c2cc(F)c(NC(=O)C3=C(C(=O)NOC)CCC3)c(F)c2)c1. The number of hydroxylamine groups is 1. The van der Waals surface area contributed by atoms with Crippen LogP contribution < -0.4 is 10.8 Å². The molecular weight excluding hydrogens is 398 g/mol. The molecular formula is C21H20F2N2O3S. The lowest BCUT2D eigenvalue weighted by molar-refractivity contribution is -0.127. The molecule has 0 radical (unpaired) electrons. The van der Waals surface area contributed by atoms with Gasteiger partial charge in [-0.05, 0) is 60.8 Å². The smallest absolute Gasteiger partial charge is 0.271 e. The maximum atomic E-state index is 14.7. The summed E-state index contributed by atoms with van der Waals surface area (Å²) in [7, 11) is 1.26. The Bertz CT molecular complexity index is 1070. The zero-order valence-corrected chi connectivity index (χ0v) is 16.3. The van der Waals surface area contributed by atoms with Crippen molar-refractivity contribution >= 4 is 29.3 Å². The predicted octanol–water partition coefficient (Wildman–Crippen LogP) is 4.45. The van der Waals surface area contributed by atoms with Crippen LogP contribution in [0.4, 0.5) is 14.5 Å². The normalized spacial score (nSPS) is 15.5. The van der Waals surface area contributed by atoms with Crippen molar-refractivity contribution in [2.24, 2.45) is 0 Å². The Kier molecular flexibility index (Phi) is 5.44. The number of anilines is 1. The monoisotopic (exact) mass is 421 g/mol. The molecule has 0 bridgehead atoms. The molecule has 8 heteroatoms. The maximum Gasteiger partial charge on any atom is 0.271 e. The summed E-state index contributed by atoms with van der Waals surface area (Å²) in [4.78, 5) is 29.6. The second kappa shape index (κ2) is 9.19. The molecule has 2 N–H and O–H groups in total. The van der Waals surface area contributed by atoms with E-state index in [1.54, 1.807) is 18.2 Å². The fourth-order valence-electron chi connectivity index (χ4n) is 3.19. The van der Waals surface area contributed by atoms with E-state index in [-0.39, 0.29) is 16.7 Å². The van der Waals surface area contributed by atoms with Gasteiger partial charge in [-0.1, -0.05) is 12.1 Å². The average Bonchev–Trinajstić information content (AvgIpc) is 3.20. The van der Waals surface area contributed by atoms with Crippen molar-refractivity contribution in [1.29, 1.82) is 0 Å². The van der Waals surface area contributed by atoms with Gasteiger partial charge < -0.3 is 5.32 Å². The van der Waals surface area contributed by atoms with E-state index in [4.69, 9.17) is 4.11 Å². The minimum Gasteiger partial charge on any atom is -0.317 e. The molecule has 2 aromatic carbocycles. The Morgan fingerprint density at radius 3 is 2.41 bits per heavy atom. The summed E-state index contributed by atoms with van der Waals surface area (Å²) in [5.41, 5.74) is 2.49. The highest BCUT2D eigenvalue weighted by Gasteiger charge is 2.27. The van der Waals surface area contributed by atoms with Crippen LogP contribution in [0.15, 0.2) is 52.4 Å². The van der Waals surface area contributed by atoms with Crippen LogP contribution in [-0.2, 0) is 14.4 Å². The molecule has 0 aromatic heterocycles. The van der Waals surface area contributed by atoms with Gasteiger partial charge in [0.25, 0.3) is 11.8 Å². The van der Waals surface area contributed by atoms with Gasteiger partial charge in [0.2, 0.25) is 0 Å². The first kappa shape index (κ1) is 17.2. The molecule has 29 heavy (non-hydrogen) atoms. The summed E-state index contributed by atoms with van der Waals surface area (Å²) in [6, 6.07) is 8.41. The van der Waals surface area contributed by atoms with Gasteiger partial charge in [-0.2, -0.15) is 0 Å². The molecule has 3 rings (SSSR count). The number of hydrogen-bond acceptors (Lipinski definition) is 4. The van der Waals surface area contributed by atoms with Gasteiger partial charge >= 0.3 is 0 Å². The molecule has 1 aliphatic rings. The summed E-state index contributed by atoms with van der Waals surface area (Å²) >= 11 is 0.658. The number of amides is 2. The predicted molar refractivity (Wildman–Crippen MR) is 108 cm³/mol. The fourth-order valence-corrected chi connectivity index (χ4v) is 3.52. The number of carbonyl (C=O) groups excluding carboxylic acids is 2.